The number of nitrogens with two attached hydrogens (primary N) is 1. The highest BCUT2D eigenvalue weighted by atomic mass is 19.1. The van der Waals surface area contributed by atoms with Crippen molar-refractivity contribution >= 4 is 11.6 Å². The number of anilines is 1. The molecular formula is C12H17FN2O. The molecule has 4 heteroatoms. The number of nitrogens with one attached hydrogen (secondary N) is 1. The van der Waals surface area contributed by atoms with E-state index in [1.165, 1.54) is 6.07 Å². The average molecular weight is 224 g/mol. The number of hydrogen-bond acceptors (Lipinski definition) is 2. The summed E-state index contributed by atoms with van der Waals surface area (Å²) in [7, 11) is 0. The van der Waals surface area contributed by atoms with E-state index in [0.717, 1.165) is 12.8 Å². The largest absolute Gasteiger partial charge is 0.330 e. The molecule has 1 aromatic carbocycles. The van der Waals surface area contributed by atoms with Crippen molar-refractivity contribution in [1.82, 2.24) is 0 Å². The molecule has 1 rings (SSSR count). The molecule has 0 aliphatic carbocycles. The molecule has 0 aromatic heterocycles. The van der Waals surface area contributed by atoms with E-state index in [4.69, 9.17) is 5.73 Å². The highest BCUT2D eigenvalue weighted by molar-refractivity contribution is 5.90. The molecule has 1 amide bonds. The first-order valence-electron chi connectivity index (χ1n) is 5.39. The summed E-state index contributed by atoms with van der Waals surface area (Å²) in [4.78, 5) is 11.4. The van der Waals surface area contributed by atoms with Crippen LogP contribution in [0.1, 0.15) is 24.8 Å². The molecule has 3 N–H and O–H groups in total. The van der Waals surface area contributed by atoms with Crippen molar-refractivity contribution in [2.75, 3.05) is 11.9 Å². The molecule has 88 valence electrons. The second-order valence-electron chi connectivity index (χ2n) is 3.76. The molecule has 0 bridgehead atoms. The minimum atomic E-state index is -0.306. The van der Waals surface area contributed by atoms with Crippen LogP contribution in [0.4, 0.5) is 10.1 Å². The van der Waals surface area contributed by atoms with Gasteiger partial charge in [0, 0.05) is 12.1 Å². The summed E-state index contributed by atoms with van der Waals surface area (Å²) < 4.78 is 13.2. The van der Waals surface area contributed by atoms with Crippen LogP contribution in [0, 0.1) is 12.7 Å². The minimum Gasteiger partial charge on any atom is -0.330 e. The number of hydrogen-bond donors (Lipinski definition) is 2. The molecule has 0 atom stereocenters. The highest BCUT2D eigenvalue weighted by Gasteiger charge is 2.04. The molecule has 0 aliphatic heterocycles. The van der Waals surface area contributed by atoms with E-state index in [9.17, 15) is 9.18 Å². The van der Waals surface area contributed by atoms with Gasteiger partial charge in [0.05, 0.1) is 0 Å². The van der Waals surface area contributed by atoms with Crippen LogP contribution >= 0.6 is 0 Å². The lowest BCUT2D eigenvalue weighted by Gasteiger charge is -2.05. The van der Waals surface area contributed by atoms with Crippen molar-refractivity contribution in [3.8, 4) is 0 Å². The van der Waals surface area contributed by atoms with E-state index in [1.807, 2.05) is 0 Å². The molecule has 3 nitrogen and oxygen atoms in total. The fraction of sp³-hybridized carbons (Fsp3) is 0.417. The van der Waals surface area contributed by atoms with E-state index in [2.05, 4.69) is 5.32 Å². The Morgan fingerprint density at radius 1 is 1.44 bits per heavy atom. The highest BCUT2D eigenvalue weighted by Crippen LogP contribution is 2.13. The molecule has 0 unspecified atom stereocenters. The van der Waals surface area contributed by atoms with Crippen LogP contribution in [0.3, 0.4) is 0 Å². The summed E-state index contributed by atoms with van der Waals surface area (Å²) in [5.74, 6) is -0.406. The molecule has 0 spiro atoms. The Morgan fingerprint density at radius 3 is 2.81 bits per heavy atom. The zero-order valence-corrected chi connectivity index (χ0v) is 9.42. The molecule has 0 saturated heterocycles. The van der Waals surface area contributed by atoms with E-state index in [-0.39, 0.29) is 11.7 Å². The second kappa shape index (κ2) is 6.23. The average Bonchev–Trinajstić information content (AvgIpc) is 2.24. The van der Waals surface area contributed by atoms with Gasteiger partial charge in [-0.1, -0.05) is 6.07 Å². The van der Waals surface area contributed by atoms with E-state index >= 15 is 0 Å². The maximum Gasteiger partial charge on any atom is 0.224 e. The van der Waals surface area contributed by atoms with E-state index in [1.54, 1.807) is 19.1 Å². The summed E-state index contributed by atoms with van der Waals surface area (Å²) in [6.07, 6.45) is 2.01. The lowest BCUT2D eigenvalue weighted by Crippen LogP contribution is -2.12. The number of unbranched alkanes of at least 4 members (excludes halogenated alkanes) is 1. The van der Waals surface area contributed by atoms with Crippen LogP contribution in [0.5, 0.6) is 0 Å². The van der Waals surface area contributed by atoms with Gasteiger partial charge in [-0.3, -0.25) is 4.79 Å². The van der Waals surface area contributed by atoms with Crippen molar-refractivity contribution in [1.29, 1.82) is 0 Å². The van der Waals surface area contributed by atoms with Crippen molar-refractivity contribution in [3.05, 3.63) is 29.6 Å². The number of benzene rings is 1. The van der Waals surface area contributed by atoms with Crippen LogP contribution in [-0.2, 0) is 4.79 Å². The van der Waals surface area contributed by atoms with Crippen molar-refractivity contribution in [2.24, 2.45) is 5.73 Å². The number of aryl methyl sites for hydroxylation is 1. The number of carbonyl (C=O) groups is 1. The van der Waals surface area contributed by atoms with Gasteiger partial charge in [0.2, 0.25) is 5.91 Å². The maximum atomic E-state index is 13.2. The van der Waals surface area contributed by atoms with Gasteiger partial charge in [-0.2, -0.15) is 0 Å². The monoisotopic (exact) mass is 224 g/mol. The fourth-order valence-electron chi connectivity index (χ4n) is 1.32. The van der Waals surface area contributed by atoms with E-state index < -0.39 is 0 Å². The Balaban J connectivity index is 2.46. The summed E-state index contributed by atoms with van der Waals surface area (Å²) in [5.41, 5.74) is 6.39. The predicted octanol–water partition coefficient (Wildman–Crippen LogP) is 2.20. The van der Waals surface area contributed by atoms with Gasteiger partial charge < -0.3 is 11.1 Å². The Kier molecular flexibility index (Phi) is 4.92. The SMILES string of the molecule is Cc1ccc(NC(=O)CCCCN)cc1F. The third-order valence-corrected chi connectivity index (χ3v) is 2.31. The smallest absolute Gasteiger partial charge is 0.224 e. The van der Waals surface area contributed by atoms with Crippen molar-refractivity contribution in [2.45, 2.75) is 26.2 Å². The Hall–Kier alpha value is -1.42. The first kappa shape index (κ1) is 12.6. The van der Waals surface area contributed by atoms with Crippen LogP contribution < -0.4 is 11.1 Å². The van der Waals surface area contributed by atoms with Crippen LogP contribution in [0.2, 0.25) is 0 Å². The van der Waals surface area contributed by atoms with Crippen LogP contribution in [0.25, 0.3) is 0 Å². The number of carbonyl (C=O) groups excluding carboxylic acids is 1. The first-order chi connectivity index (χ1) is 7.63. The maximum absolute atomic E-state index is 13.2. The molecule has 16 heavy (non-hydrogen) atoms. The summed E-state index contributed by atoms with van der Waals surface area (Å²) in [5, 5.41) is 2.65. The van der Waals surface area contributed by atoms with Crippen LogP contribution in [0.15, 0.2) is 18.2 Å². The fourth-order valence-corrected chi connectivity index (χ4v) is 1.32. The Labute approximate surface area is 94.8 Å². The quantitative estimate of drug-likeness (QED) is 0.753. The zero-order valence-electron chi connectivity index (χ0n) is 9.42. The molecule has 1 aromatic rings. The molecular weight excluding hydrogens is 207 g/mol. The standard InChI is InChI=1S/C12H17FN2O/c1-9-5-6-10(8-11(9)13)15-12(16)4-2-3-7-14/h5-6,8H,2-4,7,14H2,1H3,(H,15,16). The number of halogens is 1. The van der Waals surface area contributed by atoms with Gasteiger partial charge >= 0.3 is 0 Å². The molecule has 0 saturated carbocycles. The minimum absolute atomic E-state index is 0.100. The Bertz CT molecular complexity index is 366. The molecule has 0 radical (unpaired) electrons. The molecule has 0 aliphatic rings. The summed E-state index contributed by atoms with van der Waals surface area (Å²) in [6.45, 7) is 2.27. The van der Waals surface area contributed by atoms with Gasteiger partial charge in [0.15, 0.2) is 0 Å². The second-order valence-corrected chi connectivity index (χ2v) is 3.76. The summed E-state index contributed by atoms with van der Waals surface area (Å²) >= 11 is 0. The first-order valence-corrected chi connectivity index (χ1v) is 5.39. The topological polar surface area (TPSA) is 55.1 Å². The molecule has 0 fully saturated rings. The van der Waals surface area contributed by atoms with Gasteiger partial charge in [0.1, 0.15) is 5.82 Å². The lowest BCUT2D eigenvalue weighted by atomic mass is 10.2. The summed E-state index contributed by atoms with van der Waals surface area (Å²) in [6, 6.07) is 4.67. The zero-order chi connectivity index (χ0) is 12.0. The van der Waals surface area contributed by atoms with Gasteiger partial charge in [-0.05, 0) is 44.0 Å². The lowest BCUT2D eigenvalue weighted by molar-refractivity contribution is -0.116. The third kappa shape index (κ3) is 3.98. The third-order valence-electron chi connectivity index (χ3n) is 2.31. The number of amides is 1. The predicted molar refractivity (Wildman–Crippen MR) is 62.7 cm³/mol. The van der Waals surface area contributed by atoms with Crippen molar-refractivity contribution < 1.29 is 9.18 Å². The number of rotatable bonds is 5. The van der Waals surface area contributed by atoms with Gasteiger partial charge in [-0.25, -0.2) is 4.39 Å². The normalized spacial score (nSPS) is 10.2. The van der Waals surface area contributed by atoms with E-state index in [0.29, 0.717) is 24.2 Å². The molecule has 0 heterocycles. The van der Waals surface area contributed by atoms with Gasteiger partial charge in [0.25, 0.3) is 0 Å². The van der Waals surface area contributed by atoms with Gasteiger partial charge in [-0.15, -0.1) is 0 Å². The van der Waals surface area contributed by atoms with Crippen molar-refractivity contribution in [3.63, 3.8) is 0 Å². The van der Waals surface area contributed by atoms with Crippen LogP contribution in [-0.4, -0.2) is 12.5 Å². The Morgan fingerprint density at radius 2 is 2.19 bits per heavy atom.